The maximum absolute atomic E-state index is 13.2. The van der Waals surface area contributed by atoms with E-state index >= 15 is 0 Å². The molecule has 2 unspecified atom stereocenters. The molecule has 4 heteroatoms. The monoisotopic (exact) mass is 385 g/mol. The summed E-state index contributed by atoms with van der Waals surface area (Å²) in [6.07, 6.45) is 8.06. The third-order valence-electron chi connectivity index (χ3n) is 5.87. The number of terminal acetylenes is 1. The molecule has 2 aromatic carbocycles. The number of Topliss-reactive ketones (excluding diaryl/α,β-unsaturated/α-hetero) is 1. The fourth-order valence-electron chi connectivity index (χ4n) is 4.35. The van der Waals surface area contributed by atoms with Gasteiger partial charge in [-0.2, -0.15) is 0 Å². The quantitative estimate of drug-likeness (QED) is 0.369. The van der Waals surface area contributed by atoms with Crippen molar-refractivity contribution in [2.75, 3.05) is 6.61 Å². The van der Waals surface area contributed by atoms with Gasteiger partial charge in [0.05, 0.1) is 18.7 Å². The Hall–Kier alpha value is -3.32. The Kier molecular flexibility index (Phi) is 4.76. The largest absolute Gasteiger partial charge is 0.465 e. The molecule has 0 N–H and O–H groups in total. The minimum atomic E-state index is -1.23. The molecule has 0 fully saturated rings. The summed E-state index contributed by atoms with van der Waals surface area (Å²) in [6, 6.07) is 15.4. The summed E-state index contributed by atoms with van der Waals surface area (Å²) in [5.41, 5.74) is 2.44. The Balaban J connectivity index is 1.83. The zero-order valence-electron chi connectivity index (χ0n) is 16.6. The Labute approximate surface area is 170 Å². The van der Waals surface area contributed by atoms with Crippen LogP contribution in [-0.4, -0.2) is 22.9 Å². The van der Waals surface area contributed by atoms with Gasteiger partial charge < -0.3 is 9.30 Å². The molecule has 2 atom stereocenters. The summed E-state index contributed by atoms with van der Waals surface area (Å²) in [6.45, 7) is 4.28. The number of ketones is 1. The van der Waals surface area contributed by atoms with Crippen LogP contribution >= 0.6 is 0 Å². The fourth-order valence-corrected chi connectivity index (χ4v) is 4.35. The lowest BCUT2D eigenvalue weighted by Gasteiger charge is -2.39. The second-order valence-corrected chi connectivity index (χ2v) is 7.61. The molecule has 0 aliphatic carbocycles. The molecule has 4 rings (SSSR count). The van der Waals surface area contributed by atoms with Gasteiger partial charge in [0.25, 0.3) is 0 Å². The van der Waals surface area contributed by atoms with E-state index in [4.69, 9.17) is 11.2 Å². The number of aryl methyl sites for hydroxylation is 1. The van der Waals surface area contributed by atoms with Crippen molar-refractivity contribution in [3.63, 3.8) is 0 Å². The average molecular weight is 385 g/mol. The predicted octanol–water partition coefficient (Wildman–Crippen LogP) is 4.50. The van der Waals surface area contributed by atoms with Gasteiger partial charge in [0.15, 0.2) is 11.2 Å². The Morgan fingerprint density at radius 1 is 1.21 bits per heavy atom. The molecule has 1 aliphatic rings. The zero-order valence-corrected chi connectivity index (χ0v) is 16.6. The lowest BCUT2D eigenvalue weighted by Crippen LogP contribution is -2.44. The number of esters is 1. The van der Waals surface area contributed by atoms with E-state index in [-0.39, 0.29) is 18.8 Å². The van der Waals surface area contributed by atoms with Gasteiger partial charge in [0.1, 0.15) is 0 Å². The average Bonchev–Trinajstić information content (AvgIpc) is 3.14. The smallest absolute Gasteiger partial charge is 0.326 e. The number of aromatic nitrogens is 1. The van der Waals surface area contributed by atoms with Crippen molar-refractivity contribution in [2.24, 2.45) is 5.41 Å². The van der Waals surface area contributed by atoms with Crippen LogP contribution in [0.25, 0.3) is 10.9 Å². The predicted molar refractivity (Wildman–Crippen MR) is 113 cm³/mol. The van der Waals surface area contributed by atoms with Gasteiger partial charge >= 0.3 is 5.97 Å². The topological polar surface area (TPSA) is 48.3 Å². The van der Waals surface area contributed by atoms with Crippen molar-refractivity contribution in [1.82, 2.24) is 4.57 Å². The zero-order chi connectivity index (χ0) is 20.6. The molecule has 0 amide bonds. The highest BCUT2D eigenvalue weighted by Gasteiger charge is 2.50. The first-order chi connectivity index (χ1) is 14.0. The van der Waals surface area contributed by atoms with Crippen molar-refractivity contribution in [1.29, 1.82) is 0 Å². The molecule has 1 aliphatic heterocycles. The third kappa shape index (κ3) is 3.03. The molecule has 2 heterocycles. The molecule has 29 heavy (non-hydrogen) atoms. The SMILES string of the molecule is C#CC1(C(=O)OCC)Cn2ccc3cccc(c32)C1CC(=O)c1ccc(C)cc1. The standard InChI is InChI=1S/C25H23NO3/c1-4-25(24(28)29-5-2)16-26-14-13-19-7-6-8-20(23(19)26)21(25)15-22(27)18-11-9-17(3)10-12-18/h1,6-14,21H,5,15-16H2,2-3H3. The minimum Gasteiger partial charge on any atom is -0.465 e. The second-order valence-electron chi connectivity index (χ2n) is 7.61. The van der Waals surface area contributed by atoms with Gasteiger partial charge in [-0.25, -0.2) is 0 Å². The van der Waals surface area contributed by atoms with Crippen LogP contribution in [0.4, 0.5) is 0 Å². The van der Waals surface area contributed by atoms with E-state index in [2.05, 4.69) is 5.92 Å². The molecule has 0 saturated heterocycles. The van der Waals surface area contributed by atoms with Crippen LogP contribution in [0.5, 0.6) is 0 Å². The lowest BCUT2D eigenvalue weighted by molar-refractivity contribution is -0.154. The Morgan fingerprint density at radius 2 is 1.97 bits per heavy atom. The number of ether oxygens (including phenoxy) is 1. The summed E-state index contributed by atoms with van der Waals surface area (Å²) < 4.78 is 7.40. The first kappa shape index (κ1) is 19.0. The second kappa shape index (κ2) is 7.25. The maximum Gasteiger partial charge on any atom is 0.326 e. The minimum absolute atomic E-state index is 0.0315. The number of hydrogen-bond donors (Lipinski definition) is 0. The Bertz CT molecular complexity index is 1130. The molecule has 1 aromatic heterocycles. The van der Waals surface area contributed by atoms with Crippen LogP contribution < -0.4 is 0 Å². The van der Waals surface area contributed by atoms with Crippen molar-refractivity contribution in [3.8, 4) is 12.3 Å². The highest BCUT2D eigenvalue weighted by molar-refractivity contribution is 5.98. The van der Waals surface area contributed by atoms with Crippen LogP contribution in [0.1, 0.15) is 40.7 Å². The number of carbonyl (C=O) groups excluding carboxylic acids is 2. The van der Waals surface area contributed by atoms with E-state index in [9.17, 15) is 9.59 Å². The molecule has 0 spiro atoms. The first-order valence-corrected chi connectivity index (χ1v) is 9.82. The number of benzene rings is 2. The number of rotatable bonds is 5. The van der Waals surface area contributed by atoms with E-state index < -0.39 is 17.3 Å². The summed E-state index contributed by atoms with van der Waals surface area (Å²) in [5, 5.41) is 1.07. The van der Waals surface area contributed by atoms with Gasteiger partial charge in [0.2, 0.25) is 0 Å². The maximum atomic E-state index is 13.2. The van der Waals surface area contributed by atoms with Crippen LogP contribution in [0.15, 0.2) is 54.7 Å². The van der Waals surface area contributed by atoms with Gasteiger partial charge in [0, 0.05) is 24.1 Å². The lowest BCUT2D eigenvalue weighted by atomic mass is 9.67. The van der Waals surface area contributed by atoms with Crippen LogP contribution in [0.2, 0.25) is 0 Å². The van der Waals surface area contributed by atoms with Crippen molar-refractivity contribution < 1.29 is 14.3 Å². The fraction of sp³-hybridized carbons (Fsp3) is 0.280. The molecule has 0 bridgehead atoms. The highest BCUT2D eigenvalue weighted by atomic mass is 16.5. The molecule has 146 valence electrons. The molecule has 0 saturated carbocycles. The Morgan fingerprint density at radius 3 is 2.66 bits per heavy atom. The number of carbonyl (C=O) groups is 2. The van der Waals surface area contributed by atoms with Gasteiger partial charge in [-0.05, 0) is 30.9 Å². The summed E-state index contributed by atoms with van der Waals surface area (Å²) in [7, 11) is 0. The van der Waals surface area contributed by atoms with Crippen LogP contribution in [-0.2, 0) is 16.1 Å². The molecule has 0 radical (unpaired) electrons. The molecular formula is C25H23NO3. The number of hydrogen-bond acceptors (Lipinski definition) is 3. The van der Waals surface area contributed by atoms with E-state index in [0.29, 0.717) is 12.1 Å². The highest BCUT2D eigenvalue weighted by Crippen LogP contribution is 2.48. The van der Waals surface area contributed by atoms with E-state index in [0.717, 1.165) is 22.0 Å². The molecule has 3 aromatic rings. The normalized spacial score (nSPS) is 20.2. The molecule has 4 nitrogen and oxygen atoms in total. The third-order valence-corrected chi connectivity index (χ3v) is 5.87. The first-order valence-electron chi connectivity index (χ1n) is 9.82. The van der Waals surface area contributed by atoms with E-state index in [1.165, 1.54) is 0 Å². The molecular weight excluding hydrogens is 362 g/mol. The van der Waals surface area contributed by atoms with Crippen molar-refractivity contribution in [2.45, 2.75) is 32.7 Å². The van der Waals surface area contributed by atoms with E-state index in [1.54, 1.807) is 6.92 Å². The van der Waals surface area contributed by atoms with Gasteiger partial charge in [-0.1, -0.05) is 53.9 Å². The number of para-hydroxylation sites is 1. The van der Waals surface area contributed by atoms with Crippen molar-refractivity contribution >= 4 is 22.7 Å². The van der Waals surface area contributed by atoms with Crippen molar-refractivity contribution in [3.05, 3.63) is 71.4 Å². The van der Waals surface area contributed by atoms with E-state index in [1.807, 2.05) is 66.2 Å². The van der Waals surface area contributed by atoms with Gasteiger partial charge in [-0.15, -0.1) is 6.42 Å². The summed E-state index contributed by atoms with van der Waals surface area (Å²) in [4.78, 5) is 26.2. The summed E-state index contributed by atoms with van der Waals surface area (Å²) >= 11 is 0. The number of nitrogens with zero attached hydrogens (tertiary/aromatic N) is 1. The summed E-state index contributed by atoms with van der Waals surface area (Å²) in [5.74, 6) is 1.82. The van der Waals surface area contributed by atoms with Crippen LogP contribution in [0, 0.1) is 24.7 Å². The van der Waals surface area contributed by atoms with Crippen LogP contribution in [0.3, 0.4) is 0 Å². The van der Waals surface area contributed by atoms with Gasteiger partial charge in [-0.3, -0.25) is 9.59 Å².